The topological polar surface area (TPSA) is 307 Å². The molecule has 0 radical (unpaired) electrons. The fourth-order valence-electron chi connectivity index (χ4n) is 11.1. The number of nitrogens with one attached hydrogen (secondary N) is 1. The zero-order valence-electron chi connectivity index (χ0n) is 52.1. The molecule has 1 amide bonds. The Balaban J connectivity index is 1.48. The van der Waals surface area contributed by atoms with Crippen molar-refractivity contribution < 1.29 is 89.4 Å². The van der Waals surface area contributed by atoms with Gasteiger partial charge in [-0.1, -0.05) is 204 Å². The molecule has 3 fully saturated rings. The molecule has 85 heavy (non-hydrogen) atoms. The molecule has 0 aromatic heterocycles. The first-order valence-corrected chi connectivity index (χ1v) is 33.4. The van der Waals surface area contributed by atoms with Crippen LogP contribution in [-0.2, 0) is 33.2 Å². The number of carbonyl (C=O) groups is 1. The molecule has 0 aliphatic carbocycles. The van der Waals surface area contributed by atoms with Crippen LogP contribution < -0.4 is 5.32 Å². The first kappa shape index (κ1) is 77.0. The van der Waals surface area contributed by atoms with Gasteiger partial charge in [0.25, 0.3) is 0 Å². The van der Waals surface area contributed by atoms with Crippen molar-refractivity contribution in [1.29, 1.82) is 0 Å². The van der Waals surface area contributed by atoms with Gasteiger partial charge in [-0.25, -0.2) is 0 Å². The van der Waals surface area contributed by atoms with Gasteiger partial charge >= 0.3 is 0 Å². The van der Waals surface area contributed by atoms with Crippen molar-refractivity contribution in [2.24, 2.45) is 0 Å². The number of aliphatic hydroxyl groups excluding tert-OH is 11. The number of ether oxygens (including phenoxy) is 6. The van der Waals surface area contributed by atoms with Gasteiger partial charge in [-0.3, -0.25) is 4.79 Å². The van der Waals surface area contributed by atoms with Gasteiger partial charge in [0.1, 0.15) is 73.2 Å². The molecule has 3 aliphatic heterocycles. The number of hydrogen-bond acceptors (Lipinski definition) is 18. The molecule has 0 saturated carbocycles. The second-order valence-corrected chi connectivity index (χ2v) is 23.9. The average Bonchev–Trinajstić information content (AvgIpc) is 3.10. The standard InChI is InChI=1S/C66H119NO18/c1-3-5-7-9-11-13-15-17-19-21-22-23-24-25-26-28-29-31-33-35-37-39-41-43-50(71)49(67-54(72)44-42-40-38-36-34-32-30-27-20-18-16-14-12-10-8-6-4-2)48-80-64-60(78)57(75)62(52(46-69)82-64)85-66-61(79)58(76)63(53(47-70)83-66)84-65-59(77)56(74)55(73)51(45-68)81-65/h18,20,26,28,33,35,41,43,49-53,55-66,68-71,73-79H,3-17,19,21-25,27,29-32,34,36-40,42,44-48H2,1-2H3,(H,67,72)/b20-18-,28-26+,35-33+,43-41+. The summed E-state index contributed by atoms with van der Waals surface area (Å²) in [7, 11) is 0. The zero-order chi connectivity index (χ0) is 61.9. The Morgan fingerprint density at radius 2 is 0.753 bits per heavy atom. The molecule has 17 atom stereocenters. The van der Waals surface area contributed by atoms with Crippen molar-refractivity contribution in [3.05, 3.63) is 48.6 Å². The van der Waals surface area contributed by atoms with E-state index in [0.29, 0.717) is 12.8 Å². The SMILES string of the molecule is CCCCCCCC/C=C\CCCCCCCCCC(=O)NC(COC1OC(CO)C(OC2OC(CO)C(OC3OC(CO)C(O)C(O)C3O)C(O)C2O)C(O)C1O)C(O)/C=C/CC/C=C/CC/C=C/CCCCCCCCCCCCCCC. The predicted molar refractivity (Wildman–Crippen MR) is 328 cm³/mol. The maximum Gasteiger partial charge on any atom is 0.220 e. The van der Waals surface area contributed by atoms with E-state index in [2.05, 4.69) is 55.6 Å². The second-order valence-electron chi connectivity index (χ2n) is 23.9. The molecule has 17 unspecified atom stereocenters. The lowest BCUT2D eigenvalue weighted by molar-refractivity contribution is -0.379. The van der Waals surface area contributed by atoms with Crippen LogP contribution in [-0.4, -0.2) is 193 Å². The molecule has 3 heterocycles. The minimum absolute atomic E-state index is 0.226. The number of rotatable bonds is 50. The first-order chi connectivity index (χ1) is 41.3. The Hall–Kier alpha value is -2.25. The molecule has 19 nitrogen and oxygen atoms in total. The van der Waals surface area contributed by atoms with Crippen LogP contribution in [0, 0.1) is 0 Å². The van der Waals surface area contributed by atoms with Gasteiger partial charge in [-0.2, -0.15) is 0 Å². The number of hydrogen-bond donors (Lipinski definition) is 12. The fourth-order valence-corrected chi connectivity index (χ4v) is 11.1. The normalized spacial score (nSPS) is 29.3. The first-order valence-electron chi connectivity index (χ1n) is 33.4. The summed E-state index contributed by atoms with van der Waals surface area (Å²) in [5, 5.41) is 120. The second kappa shape index (κ2) is 48.6. The van der Waals surface area contributed by atoms with Gasteiger partial charge in [0.15, 0.2) is 18.9 Å². The number of unbranched alkanes of at least 4 members (excludes halogenated alkanes) is 28. The van der Waals surface area contributed by atoms with Crippen LogP contribution >= 0.6 is 0 Å². The molecule has 19 heteroatoms. The third kappa shape index (κ3) is 31.4. The van der Waals surface area contributed by atoms with E-state index in [-0.39, 0.29) is 18.9 Å². The number of amides is 1. The molecule has 496 valence electrons. The van der Waals surface area contributed by atoms with E-state index in [1.165, 1.54) is 141 Å². The minimum atomic E-state index is -1.98. The predicted octanol–water partition coefficient (Wildman–Crippen LogP) is 7.83. The van der Waals surface area contributed by atoms with E-state index in [1.807, 2.05) is 6.08 Å². The monoisotopic (exact) mass is 1210 g/mol. The third-order valence-electron chi connectivity index (χ3n) is 16.6. The molecular weight excluding hydrogens is 1090 g/mol. The number of allylic oxidation sites excluding steroid dienone is 7. The highest BCUT2D eigenvalue weighted by molar-refractivity contribution is 5.76. The third-order valence-corrected chi connectivity index (χ3v) is 16.6. The summed E-state index contributed by atoms with van der Waals surface area (Å²) in [5.41, 5.74) is 0. The van der Waals surface area contributed by atoms with E-state index in [1.54, 1.807) is 6.08 Å². The van der Waals surface area contributed by atoms with Crippen molar-refractivity contribution in [1.82, 2.24) is 5.32 Å². The van der Waals surface area contributed by atoms with Gasteiger partial charge in [-0.05, 0) is 70.6 Å². The fraction of sp³-hybridized carbons (Fsp3) is 0.864. The van der Waals surface area contributed by atoms with Crippen molar-refractivity contribution in [2.75, 3.05) is 26.4 Å². The van der Waals surface area contributed by atoms with E-state index < -0.39 is 124 Å². The average molecular weight is 1210 g/mol. The highest BCUT2D eigenvalue weighted by Gasteiger charge is 2.53. The summed E-state index contributed by atoms with van der Waals surface area (Å²) in [6.07, 6.45) is 29.5. The van der Waals surface area contributed by atoms with E-state index in [9.17, 15) is 61.0 Å². The molecule has 0 bridgehead atoms. The van der Waals surface area contributed by atoms with Gasteiger partial charge in [0.2, 0.25) is 5.91 Å². The van der Waals surface area contributed by atoms with Crippen LogP contribution in [0.1, 0.15) is 232 Å². The highest BCUT2D eigenvalue weighted by atomic mass is 16.8. The maximum absolute atomic E-state index is 13.4. The lowest BCUT2D eigenvalue weighted by atomic mass is 9.96. The van der Waals surface area contributed by atoms with Crippen molar-refractivity contribution in [3.8, 4) is 0 Å². The summed E-state index contributed by atoms with van der Waals surface area (Å²) < 4.78 is 34.3. The summed E-state index contributed by atoms with van der Waals surface area (Å²) in [6, 6.07) is -0.999. The van der Waals surface area contributed by atoms with Gasteiger partial charge < -0.3 is 89.9 Å². The molecule has 0 aromatic carbocycles. The van der Waals surface area contributed by atoms with E-state index in [0.717, 1.165) is 57.8 Å². The highest BCUT2D eigenvalue weighted by Crippen LogP contribution is 2.33. The van der Waals surface area contributed by atoms with Crippen LogP contribution in [0.25, 0.3) is 0 Å². The van der Waals surface area contributed by atoms with Crippen LogP contribution in [0.5, 0.6) is 0 Å². The maximum atomic E-state index is 13.4. The summed E-state index contributed by atoms with van der Waals surface area (Å²) in [6.45, 7) is 1.70. The smallest absolute Gasteiger partial charge is 0.220 e. The number of aliphatic hydroxyl groups is 11. The van der Waals surface area contributed by atoms with Gasteiger partial charge in [0, 0.05) is 6.42 Å². The zero-order valence-corrected chi connectivity index (χ0v) is 52.1. The molecule has 3 rings (SSSR count). The summed E-state index contributed by atoms with van der Waals surface area (Å²) in [4.78, 5) is 13.4. The van der Waals surface area contributed by atoms with Gasteiger partial charge in [0.05, 0.1) is 38.6 Å². The molecular formula is C66H119NO18. The van der Waals surface area contributed by atoms with Crippen LogP contribution in [0.15, 0.2) is 48.6 Å². The molecule has 3 aliphatic rings. The Labute approximate surface area is 510 Å². The van der Waals surface area contributed by atoms with E-state index >= 15 is 0 Å². The molecule has 12 N–H and O–H groups in total. The van der Waals surface area contributed by atoms with Crippen LogP contribution in [0.4, 0.5) is 0 Å². The van der Waals surface area contributed by atoms with Crippen LogP contribution in [0.3, 0.4) is 0 Å². The van der Waals surface area contributed by atoms with E-state index in [4.69, 9.17) is 28.4 Å². The molecule has 0 aromatic rings. The minimum Gasteiger partial charge on any atom is -0.394 e. The van der Waals surface area contributed by atoms with Crippen molar-refractivity contribution in [3.63, 3.8) is 0 Å². The molecule has 0 spiro atoms. The van der Waals surface area contributed by atoms with Crippen LogP contribution in [0.2, 0.25) is 0 Å². The largest absolute Gasteiger partial charge is 0.394 e. The quantitative estimate of drug-likeness (QED) is 0.0204. The number of carbonyl (C=O) groups excluding carboxylic acids is 1. The lowest BCUT2D eigenvalue weighted by Gasteiger charge is -2.48. The lowest BCUT2D eigenvalue weighted by Crippen LogP contribution is -2.66. The van der Waals surface area contributed by atoms with Crippen molar-refractivity contribution >= 4 is 5.91 Å². The van der Waals surface area contributed by atoms with Crippen molar-refractivity contribution in [2.45, 2.75) is 336 Å². The summed E-state index contributed by atoms with van der Waals surface area (Å²) >= 11 is 0. The Kier molecular flexibility index (Phi) is 44.0. The summed E-state index contributed by atoms with van der Waals surface area (Å²) in [5.74, 6) is -0.294. The Morgan fingerprint density at radius 3 is 1.18 bits per heavy atom. The Bertz CT molecular complexity index is 1740. The molecule has 3 saturated heterocycles. The van der Waals surface area contributed by atoms with Gasteiger partial charge in [-0.15, -0.1) is 0 Å². The Morgan fingerprint density at radius 1 is 0.412 bits per heavy atom.